The van der Waals surface area contributed by atoms with Crippen LogP contribution >= 0.6 is 0 Å². The van der Waals surface area contributed by atoms with E-state index in [4.69, 9.17) is 10.5 Å². The molecule has 0 atom stereocenters. The van der Waals surface area contributed by atoms with Gasteiger partial charge in [-0.1, -0.05) is 174 Å². The zero-order valence-electron chi connectivity index (χ0n) is 28.7. The van der Waals surface area contributed by atoms with E-state index in [9.17, 15) is 4.79 Å². The molecule has 0 aromatic heterocycles. The maximum absolute atomic E-state index is 11.1. The average molecular weight is 580 g/mol. The van der Waals surface area contributed by atoms with E-state index in [0.717, 1.165) is 19.4 Å². The summed E-state index contributed by atoms with van der Waals surface area (Å²) in [6.45, 7) is 7.79. The van der Waals surface area contributed by atoms with Gasteiger partial charge in [-0.2, -0.15) is 0 Å². The molecule has 0 fully saturated rings. The van der Waals surface area contributed by atoms with Crippen molar-refractivity contribution >= 4 is 5.97 Å². The number of hydrogen-bond donors (Lipinski definition) is 1. The summed E-state index contributed by atoms with van der Waals surface area (Å²) in [6.07, 6.45) is 44.9. The lowest BCUT2D eigenvalue weighted by molar-refractivity contribution is -0.143. The van der Waals surface area contributed by atoms with Crippen LogP contribution in [0.25, 0.3) is 0 Å². The van der Waals surface area contributed by atoms with Crippen LogP contribution in [-0.2, 0) is 9.53 Å². The standard InChI is InChI=1S/C20H38O2.C18H39N/c1-3-5-6-7-8-9-10-11-12-13-14-15-16-17-18-19-20(21)22-4-2;1-2-3-4-5-6-7-8-9-10-11-12-13-14-15-16-17-18-19/h11-12H,3-10,13-19H2,1-2H3;2-19H2,1H3/b12-11-;. The first-order chi connectivity index (χ1) is 20.2. The van der Waals surface area contributed by atoms with Crippen LogP contribution < -0.4 is 5.73 Å². The minimum atomic E-state index is -0.0415. The zero-order valence-corrected chi connectivity index (χ0v) is 28.7. The maximum atomic E-state index is 11.1. The summed E-state index contributed by atoms with van der Waals surface area (Å²) in [5, 5.41) is 0. The Balaban J connectivity index is 0. The summed E-state index contributed by atoms with van der Waals surface area (Å²) in [5.74, 6) is -0.0415. The third kappa shape index (κ3) is 43.8. The van der Waals surface area contributed by atoms with Crippen molar-refractivity contribution in [1.29, 1.82) is 0 Å². The van der Waals surface area contributed by atoms with Crippen molar-refractivity contribution in [2.75, 3.05) is 13.2 Å². The quantitative estimate of drug-likeness (QED) is 0.0490. The largest absolute Gasteiger partial charge is 0.466 e. The molecule has 0 saturated carbocycles. The summed E-state index contributed by atoms with van der Waals surface area (Å²) in [6, 6.07) is 0. The average Bonchev–Trinajstić information content (AvgIpc) is 2.97. The highest BCUT2D eigenvalue weighted by Crippen LogP contribution is 2.14. The normalized spacial score (nSPS) is 11.1. The molecule has 0 aromatic rings. The number of nitrogens with two attached hydrogens (primary N) is 1. The molecular formula is C38H77NO2. The van der Waals surface area contributed by atoms with Gasteiger partial charge in [-0.15, -0.1) is 0 Å². The highest BCUT2D eigenvalue weighted by atomic mass is 16.5. The third-order valence-electron chi connectivity index (χ3n) is 8.01. The molecule has 0 rings (SSSR count). The Morgan fingerprint density at radius 1 is 0.463 bits per heavy atom. The van der Waals surface area contributed by atoms with Crippen LogP contribution in [0.2, 0.25) is 0 Å². The number of rotatable bonds is 32. The molecule has 3 nitrogen and oxygen atoms in total. The van der Waals surface area contributed by atoms with Gasteiger partial charge in [0.1, 0.15) is 0 Å². The molecule has 2 N–H and O–H groups in total. The van der Waals surface area contributed by atoms with Gasteiger partial charge in [0.05, 0.1) is 6.61 Å². The van der Waals surface area contributed by atoms with Crippen molar-refractivity contribution in [2.45, 2.75) is 213 Å². The number of carbonyl (C=O) groups is 1. The second kappa shape index (κ2) is 41.3. The number of esters is 1. The molecule has 3 heteroatoms. The molecule has 41 heavy (non-hydrogen) atoms. The van der Waals surface area contributed by atoms with E-state index in [1.54, 1.807) is 0 Å². The summed E-state index contributed by atoms with van der Waals surface area (Å²) >= 11 is 0. The zero-order chi connectivity index (χ0) is 30.3. The van der Waals surface area contributed by atoms with E-state index in [-0.39, 0.29) is 5.97 Å². The predicted molar refractivity (Wildman–Crippen MR) is 185 cm³/mol. The van der Waals surface area contributed by atoms with Crippen LogP contribution in [0.5, 0.6) is 0 Å². The van der Waals surface area contributed by atoms with Crippen LogP contribution in [0.1, 0.15) is 213 Å². The molecule has 246 valence electrons. The van der Waals surface area contributed by atoms with Gasteiger partial charge in [0, 0.05) is 6.42 Å². The van der Waals surface area contributed by atoms with Crippen LogP contribution in [0.3, 0.4) is 0 Å². The molecule has 0 radical (unpaired) electrons. The van der Waals surface area contributed by atoms with Gasteiger partial charge in [-0.25, -0.2) is 0 Å². The smallest absolute Gasteiger partial charge is 0.305 e. The molecule has 0 heterocycles. The molecule has 0 aromatic carbocycles. The van der Waals surface area contributed by atoms with Crippen molar-refractivity contribution < 1.29 is 9.53 Å². The maximum Gasteiger partial charge on any atom is 0.305 e. The molecule has 0 saturated heterocycles. The Morgan fingerprint density at radius 2 is 0.780 bits per heavy atom. The molecule has 0 aliphatic heterocycles. The first kappa shape index (κ1) is 42.3. The Kier molecular flexibility index (Phi) is 42.6. The Hall–Kier alpha value is -0.830. The van der Waals surface area contributed by atoms with Crippen LogP contribution in [0, 0.1) is 0 Å². The highest BCUT2D eigenvalue weighted by Gasteiger charge is 2.00. The summed E-state index contributed by atoms with van der Waals surface area (Å²) < 4.78 is 4.91. The summed E-state index contributed by atoms with van der Waals surface area (Å²) in [5.41, 5.74) is 5.48. The minimum absolute atomic E-state index is 0.0415. The number of unbranched alkanes of at least 4 members (excludes halogenated alkanes) is 26. The van der Waals surface area contributed by atoms with Crippen molar-refractivity contribution in [2.24, 2.45) is 5.73 Å². The lowest BCUT2D eigenvalue weighted by Crippen LogP contribution is -2.03. The van der Waals surface area contributed by atoms with E-state index in [1.165, 1.54) is 173 Å². The Bertz CT molecular complexity index is 475. The van der Waals surface area contributed by atoms with Crippen LogP contribution in [0.4, 0.5) is 0 Å². The fourth-order valence-electron chi connectivity index (χ4n) is 5.27. The van der Waals surface area contributed by atoms with Gasteiger partial charge in [-0.05, 0) is 52.0 Å². The van der Waals surface area contributed by atoms with Gasteiger partial charge in [0.25, 0.3) is 0 Å². The topological polar surface area (TPSA) is 52.3 Å². The van der Waals surface area contributed by atoms with Gasteiger partial charge in [0.15, 0.2) is 0 Å². The second-order valence-corrected chi connectivity index (χ2v) is 12.2. The molecule has 0 aliphatic rings. The minimum Gasteiger partial charge on any atom is -0.466 e. The van der Waals surface area contributed by atoms with E-state index >= 15 is 0 Å². The van der Waals surface area contributed by atoms with Gasteiger partial charge in [-0.3, -0.25) is 4.79 Å². The van der Waals surface area contributed by atoms with E-state index in [0.29, 0.717) is 13.0 Å². The van der Waals surface area contributed by atoms with Crippen molar-refractivity contribution in [3.63, 3.8) is 0 Å². The molecule has 0 bridgehead atoms. The van der Waals surface area contributed by atoms with E-state index < -0.39 is 0 Å². The number of allylic oxidation sites excluding steroid dienone is 2. The van der Waals surface area contributed by atoms with Gasteiger partial charge in [0.2, 0.25) is 0 Å². The fourth-order valence-corrected chi connectivity index (χ4v) is 5.27. The Morgan fingerprint density at radius 3 is 1.12 bits per heavy atom. The van der Waals surface area contributed by atoms with Crippen LogP contribution in [-0.4, -0.2) is 19.1 Å². The fraction of sp³-hybridized carbons (Fsp3) is 0.921. The molecule has 0 unspecified atom stereocenters. The second-order valence-electron chi connectivity index (χ2n) is 12.2. The van der Waals surface area contributed by atoms with E-state index in [1.807, 2.05) is 6.92 Å². The van der Waals surface area contributed by atoms with Crippen LogP contribution in [0.15, 0.2) is 12.2 Å². The molecule has 0 spiro atoms. The lowest BCUT2D eigenvalue weighted by Gasteiger charge is -2.03. The molecule has 0 aliphatic carbocycles. The van der Waals surface area contributed by atoms with Crippen molar-refractivity contribution in [3.8, 4) is 0 Å². The molecule has 0 amide bonds. The lowest BCUT2D eigenvalue weighted by atomic mass is 10.0. The van der Waals surface area contributed by atoms with Gasteiger partial charge < -0.3 is 10.5 Å². The summed E-state index contributed by atoms with van der Waals surface area (Å²) in [7, 11) is 0. The van der Waals surface area contributed by atoms with E-state index in [2.05, 4.69) is 26.0 Å². The number of hydrogen-bond acceptors (Lipinski definition) is 3. The first-order valence-electron chi connectivity index (χ1n) is 18.7. The number of ether oxygens (including phenoxy) is 1. The van der Waals surface area contributed by atoms with Crippen molar-refractivity contribution in [3.05, 3.63) is 12.2 Å². The number of carbonyl (C=O) groups excluding carboxylic acids is 1. The summed E-state index contributed by atoms with van der Waals surface area (Å²) in [4.78, 5) is 11.1. The first-order valence-corrected chi connectivity index (χ1v) is 18.7. The predicted octanol–water partition coefficient (Wildman–Crippen LogP) is 12.8. The Labute approximate surface area is 259 Å². The highest BCUT2D eigenvalue weighted by molar-refractivity contribution is 5.69. The van der Waals surface area contributed by atoms with Crippen molar-refractivity contribution in [1.82, 2.24) is 0 Å². The monoisotopic (exact) mass is 580 g/mol. The molecular weight excluding hydrogens is 502 g/mol. The third-order valence-corrected chi connectivity index (χ3v) is 8.01. The SMILES string of the molecule is CCCCCCCC/C=C\CCCCCCCC(=O)OCC.CCCCCCCCCCCCCCCCCCN. The van der Waals surface area contributed by atoms with Gasteiger partial charge >= 0.3 is 5.97 Å².